The first-order valence-corrected chi connectivity index (χ1v) is 18.5. The van der Waals surface area contributed by atoms with Gasteiger partial charge in [0.2, 0.25) is 0 Å². The number of halogens is 5. The van der Waals surface area contributed by atoms with Crippen molar-refractivity contribution in [2.45, 2.75) is 59.9 Å². The van der Waals surface area contributed by atoms with Crippen molar-refractivity contribution in [3.8, 4) is 28.4 Å². The number of benzene rings is 5. The van der Waals surface area contributed by atoms with Gasteiger partial charge in [-0.3, -0.25) is 4.79 Å². The maximum absolute atomic E-state index is 13.7. The first-order valence-electron chi connectivity index (χ1n) is 18.5. The summed E-state index contributed by atoms with van der Waals surface area (Å²) in [4.78, 5) is 35.5. The highest BCUT2D eigenvalue weighted by Gasteiger charge is 2.32. The predicted molar refractivity (Wildman–Crippen MR) is 214 cm³/mol. The van der Waals surface area contributed by atoms with Crippen LogP contribution in [0.1, 0.15) is 74.0 Å². The maximum atomic E-state index is 13.7. The number of rotatable bonds is 13. The second-order valence-electron chi connectivity index (χ2n) is 13.9. The zero-order valence-electron chi connectivity index (χ0n) is 33.1. The van der Waals surface area contributed by atoms with E-state index in [0.29, 0.717) is 34.0 Å². The Labute approximate surface area is 339 Å². The molecule has 0 bridgehead atoms. The van der Waals surface area contributed by atoms with Gasteiger partial charge in [-0.2, -0.15) is 13.2 Å². The van der Waals surface area contributed by atoms with Crippen LogP contribution in [0.25, 0.3) is 16.9 Å². The number of ketones is 2. The second kappa shape index (κ2) is 19.3. The molecule has 1 aromatic heterocycles. The summed E-state index contributed by atoms with van der Waals surface area (Å²) >= 11 is 0. The molecular weight excluding hydrogens is 770 g/mol. The summed E-state index contributed by atoms with van der Waals surface area (Å²) in [5.74, 6) is -0.664. The van der Waals surface area contributed by atoms with Crippen molar-refractivity contribution in [2.75, 3.05) is 7.11 Å². The number of Topliss-reactive ketones (excluding diaryl/α,β-unsaturated/α-hetero) is 2. The van der Waals surface area contributed by atoms with Gasteiger partial charge in [0.1, 0.15) is 42.1 Å². The molecule has 0 aliphatic heterocycles. The molecule has 5 aromatic carbocycles. The van der Waals surface area contributed by atoms with Gasteiger partial charge in [0.15, 0.2) is 5.78 Å². The number of alkyl halides is 3. The summed E-state index contributed by atoms with van der Waals surface area (Å²) in [5, 5.41) is 0. The Bertz CT molecular complexity index is 2440. The predicted octanol–water partition coefficient (Wildman–Crippen LogP) is 11.5. The lowest BCUT2D eigenvalue weighted by Crippen LogP contribution is -2.11. The van der Waals surface area contributed by atoms with Gasteiger partial charge < -0.3 is 23.6 Å². The molecule has 6 aromatic rings. The Balaban J connectivity index is 0.000000248. The molecule has 6 rings (SSSR count). The van der Waals surface area contributed by atoms with Crippen LogP contribution >= 0.6 is 0 Å². The standard InChI is InChI=1S/C28H23F4NO3.C19H19FO3/c1-17-4-11-26(36-16-19-6-8-22(29)9-7-19)24(12-17)25-10-5-18(2)33(25)23-14-20(27(34)35-3)13-21(15-23)28(30,31)32;1-13-3-10-19(17(11-13)18(22)9-4-14(2)21)23-12-15-5-7-16(20)8-6-15/h4-15H,16H2,1-3H3;3,5-8,10-11H,4,9,12H2,1-2H3. The summed E-state index contributed by atoms with van der Waals surface area (Å²) in [6.45, 7) is 7.44. The molecule has 0 N–H and O–H groups in total. The molecule has 7 nitrogen and oxygen atoms in total. The summed E-state index contributed by atoms with van der Waals surface area (Å²) in [7, 11) is 1.12. The minimum absolute atomic E-state index is 0.0141. The van der Waals surface area contributed by atoms with Gasteiger partial charge in [-0.05, 0) is 118 Å². The van der Waals surface area contributed by atoms with Crippen molar-refractivity contribution in [2.24, 2.45) is 0 Å². The molecule has 0 unspecified atom stereocenters. The molecule has 0 radical (unpaired) electrons. The van der Waals surface area contributed by atoms with Crippen LogP contribution in [-0.2, 0) is 28.9 Å². The molecule has 1 heterocycles. The molecule has 0 spiro atoms. The van der Waals surface area contributed by atoms with Crippen molar-refractivity contribution in [1.29, 1.82) is 0 Å². The fourth-order valence-corrected chi connectivity index (χ4v) is 6.10. The summed E-state index contributed by atoms with van der Waals surface area (Å²) in [5.41, 5.74) is 4.81. The van der Waals surface area contributed by atoms with E-state index in [9.17, 15) is 36.3 Å². The van der Waals surface area contributed by atoms with Gasteiger partial charge in [-0.25, -0.2) is 13.6 Å². The lowest BCUT2D eigenvalue weighted by atomic mass is 10.0. The van der Waals surface area contributed by atoms with Gasteiger partial charge in [0.05, 0.1) is 29.5 Å². The Kier molecular flexibility index (Phi) is 14.2. The zero-order chi connectivity index (χ0) is 42.9. The number of aromatic nitrogens is 1. The van der Waals surface area contributed by atoms with Gasteiger partial charge in [-0.1, -0.05) is 47.5 Å². The number of hydrogen-bond acceptors (Lipinski definition) is 6. The zero-order valence-corrected chi connectivity index (χ0v) is 33.1. The third kappa shape index (κ3) is 11.8. The van der Waals surface area contributed by atoms with E-state index >= 15 is 0 Å². The molecule has 306 valence electrons. The fraction of sp³-hybridized carbons (Fsp3) is 0.213. The first-order chi connectivity index (χ1) is 28.0. The van der Waals surface area contributed by atoms with Crippen LogP contribution in [0.5, 0.6) is 11.5 Å². The van der Waals surface area contributed by atoms with Crippen LogP contribution < -0.4 is 9.47 Å². The highest BCUT2D eigenvalue weighted by molar-refractivity contribution is 6.00. The Morgan fingerprint density at radius 1 is 0.644 bits per heavy atom. The van der Waals surface area contributed by atoms with Gasteiger partial charge in [0.25, 0.3) is 0 Å². The number of carbonyl (C=O) groups is 3. The number of nitrogens with zero attached hydrogens (tertiary/aromatic N) is 1. The lowest BCUT2D eigenvalue weighted by molar-refractivity contribution is -0.137. The first kappa shape index (κ1) is 43.6. The number of methoxy groups -OCH3 is 1. The topological polar surface area (TPSA) is 83.8 Å². The molecule has 0 aliphatic rings. The fourth-order valence-electron chi connectivity index (χ4n) is 6.10. The average molecular weight is 812 g/mol. The smallest absolute Gasteiger partial charge is 0.416 e. The highest BCUT2D eigenvalue weighted by Crippen LogP contribution is 2.37. The SMILES string of the molecule is CC(=O)CCC(=O)c1cc(C)ccc1OCc1ccc(F)cc1.COC(=O)c1cc(-n2c(C)ccc2-c2cc(C)ccc2OCc2ccc(F)cc2)cc(C(F)(F)F)c1. The van der Waals surface area contributed by atoms with Gasteiger partial charge in [0, 0.05) is 29.8 Å². The largest absolute Gasteiger partial charge is 0.488 e. The van der Waals surface area contributed by atoms with Crippen LogP contribution in [0.15, 0.2) is 115 Å². The molecule has 0 fully saturated rings. The Morgan fingerprint density at radius 3 is 1.76 bits per heavy atom. The van der Waals surface area contributed by atoms with Crippen LogP contribution in [0, 0.1) is 32.4 Å². The van der Waals surface area contributed by atoms with Crippen molar-refractivity contribution in [3.63, 3.8) is 0 Å². The molecule has 0 saturated carbocycles. The van der Waals surface area contributed by atoms with E-state index in [1.807, 2.05) is 32.0 Å². The maximum Gasteiger partial charge on any atom is 0.416 e. The summed E-state index contributed by atoms with van der Waals surface area (Å²) in [6, 6.07) is 29.5. The molecule has 12 heteroatoms. The molecule has 59 heavy (non-hydrogen) atoms. The van der Waals surface area contributed by atoms with Gasteiger partial charge in [-0.15, -0.1) is 0 Å². The van der Waals surface area contributed by atoms with E-state index in [1.54, 1.807) is 66.1 Å². The van der Waals surface area contributed by atoms with Crippen molar-refractivity contribution >= 4 is 17.5 Å². The minimum Gasteiger partial charge on any atom is -0.488 e. The third-order valence-corrected chi connectivity index (χ3v) is 9.17. The number of hydrogen-bond donors (Lipinski definition) is 0. The highest BCUT2D eigenvalue weighted by atomic mass is 19.4. The normalized spacial score (nSPS) is 11.0. The van der Waals surface area contributed by atoms with E-state index in [4.69, 9.17) is 9.47 Å². The molecule has 0 amide bonds. The average Bonchev–Trinajstić information content (AvgIpc) is 3.60. The molecule has 0 aliphatic carbocycles. The van der Waals surface area contributed by atoms with Crippen LogP contribution in [0.3, 0.4) is 0 Å². The van der Waals surface area contributed by atoms with Crippen LogP contribution in [-0.4, -0.2) is 29.2 Å². The number of aryl methyl sites for hydroxylation is 3. The van der Waals surface area contributed by atoms with E-state index < -0.39 is 17.7 Å². The van der Waals surface area contributed by atoms with E-state index in [-0.39, 0.29) is 60.5 Å². The third-order valence-electron chi connectivity index (χ3n) is 9.17. The number of carbonyl (C=O) groups excluding carboxylic acids is 3. The van der Waals surface area contributed by atoms with Crippen LogP contribution in [0.4, 0.5) is 22.0 Å². The van der Waals surface area contributed by atoms with Crippen molar-refractivity contribution in [1.82, 2.24) is 4.57 Å². The molecule has 0 atom stereocenters. The Hall–Kier alpha value is -6.56. The monoisotopic (exact) mass is 811 g/mol. The van der Waals surface area contributed by atoms with E-state index in [0.717, 1.165) is 41.5 Å². The Morgan fingerprint density at radius 2 is 1.20 bits per heavy atom. The van der Waals surface area contributed by atoms with E-state index in [1.165, 1.54) is 37.3 Å². The van der Waals surface area contributed by atoms with Crippen molar-refractivity contribution in [3.05, 3.63) is 172 Å². The van der Waals surface area contributed by atoms with Gasteiger partial charge >= 0.3 is 12.1 Å². The molecule has 0 saturated heterocycles. The number of esters is 1. The van der Waals surface area contributed by atoms with E-state index in [2.05, 4.69) is 4.74 Å². The molecular formula is C47H42F5NO6. The second-order valence-corrected chi connectivity index (χ2v) is 13.9. The number of ether oxygens (including phenoxy) is 3. The van der Waals surface area contributed by atoms with Crippen LogP contribution in [0.2, 0.25) is 0 Å². The summed E-state index contributed by atoms with van der Waals surface area (Å²) in [6.07, 6.45) is -4.26. The van der Waals surface area contributed by atoms with Crippen molar-refractivity contribution < 1.29 is 50.5 Å². The minimum atomic E-state index is -4.66. The quantitative estimate of drug-likeness (QED) is 0.0656. The lowest BCUT2D eigenvalue weighted by Gasteiger charge is -2.18. The summed E-state index contributed by atoms with van der Waals surface area (Å²) < 4.78 is 85.3.